The highest BCUT2D eigenvalue weighted by Gasteiger charge is 2.31. The van der Waals surface area contributed by atoms with Crippen molar-refractivity contribution in [2.45, 2.75) is 20.0 Å². The van der Waals surface area contributed by atoms with Crippen LogP contribution in [0.4, 0.5) is 23.2 Å². The Morgan fingerprint density at radius 3 is 2.40 bits per heavy atom. The monoisotopic (exact) mass is 288 g/mol. The van der Waals surface area contributed by atoms with E-state index in [1.807, 2.05) is 5.32 Å². The molecule has 1 N–H and O–H groups in total. The highest BCUT2D eigenvalue weighted by molar-refractivity contribution is 5.94. The molecule has 0 aromatic heterocycles. The second kappa shape index (κ2) is 5.90. The second-order valence-electron chi connectivity index (χ2n) is 4.53. The van der Waals surface area contributed by atoms with Crippen LogP contribution in [0.15, 0.2) is 18.2 Å². The number of nitrogens with zero attached hydrogens (tertiary/aromatic N) is 1. The summed E-state index contributed by atoms with van der Waals surface area (Å²) in [4.78, 5) is 11.7. The molecule has 0 aliphatic rings. The third kappa shape index (κ3) is 3.70. The topological polar surface area (TPSA) is 52.9 Å². The summed E-state index contributed by atoms with van der Waals surface area (Å²) in [7, 11) is 0. The Morgan fingerprint density at radius 2 is 1.95 bits per heavy atom. The van der Waals surface area contributed by atoms with Gasteiger partial charge in [0, 0.05) is 0 Å². The predicted molar refractivity (Wildman–Crippen MR) is 64.0 cm³/mol. The van der Waals surface area contributed by atoms with Gasteiger partial charge in [-0.3, -0.25) is 4.79 Å². The highest BCUT2D eigenvalue weighted by atomic mass is 19.4. The van der Waals surface area contributed by atoms with Gasteiger partial charge < -0.3 is 5.32 Å². The molecule has 1 rings (SSSR count). The predicted octanol–water partition coefficient (Wildman–Crippen LogP) is 3.58. The molecule has 108 valence electrons. The summed E-state index contributed by atoms with van der Waals surface area (Å²) in [5, 5.41) is 10.8. The van der Waals surface area contributed by atoms with Gasteiger partial charge in [-0.25, -0.2) is 4.39 Å². The van der Waals surface area contributed by atoms with E-state index in [0.717, 1.165) is 0 Å². The number of anilines is 1. The lowest BCUT2D eigenvalue weighted by molar-refractivity contribution is -0.137. The fraction of sp³-hybridized carbons (Fsp3) is 0.385. The van der Waals surface area contributed by atoms with E-state index in [4.69, 9.17) is 5.26 Å². The third-order valence-corrected chi connectivity index (χ3v) is 2.64. The molecule has 0 heterocycles. The Bertz CT molecular complexity index is 546. The summed E-state index contributed by atoms with van der Waals surface area (Å²) in [6.45, 7) is 3.21. The molecular weight excluding hydrogens is 276 g/mol. The molecule has 1 unspecified atom stereocenters. The number of nitriles is 1. The Balaban J connectivity index is 3.04. The van der Waals surface area contributed by atoms with E-state index in [2.05, 4.69) is 0 Å². The van der Waals surface area contributed by atoms with E-state index in [1.165, 1.54) is 0 Å². The van der Waals surface area contributed by atoms with Crippen molar-refractivity contribution in [1.29, 1.82) is 5.26 Å². The quantitative estimate of drug-likeness (QED) is 0.864. The minimum Gasteiger partial charge on any atom is -0.322 e. The first-order chi connectivity index (χ1) is 9.16. The van der Waals surface area contributed by atoms with Gasteiger partial charge in [-0.2, -0.15) is 18.4 Å². The van der Waals surface area contributed by atoms with E-state index < -0.39 is 35.1 Å². The first kappa shape index (κ1) is 16.0. The fourth-order valence-electron chi connectivity index (χ4n) is 1.52. The number of rotatable bonds is 3. The third-order valence-electron chi connectivity index (χ3n) is 2.64. The van der Waals surface area contributed by atoms with Crippen LogP contribution in [0, 0.1) is 29.0 Å². The summed E-state index contributed by atoms with van der Waals surface area (Å²) in [5.74, 6) is -3.23. The van der Waals surface area contributed by atoms with Crippen molar-refractivity contribution >= 4 is 11.6 Å². The molecule has 1 atom stereocenters. The zero-order chi connectivity index (χ0) is 15.5. The van der Waals surface area contributed by atoms with Crippen molar-refractivity contribution in [3.05, 3.63) is 29.6 Å². The SMILES string of the molecule is CC(C)C(C#N)C(=O)Nc1cc(C(F)(F)F)ccc1F. The van der Waals surface area contributed by atoms with Crippen molar-refractivity contribution in [3.8, 4) is 6.07 Å². The van der Waals surface area contributed by atoms with Gasteiger partial charge in [-0.15, -0.1) is 0 Å². The number of carbonyl (C=O) groups excluding carboxylic acids is 1. The maximum Gasteiger partial charge on any atom is 0.416 e. The van der Waals surface area contributed by atoms with Gasteiger partial charge in [0.2, 0.25) is 5.91 Å². The van der Waals surface area contributed by atoms with Gasteiger partial charge in [-0.1, -0.05) is 13.8 Å². The maximum absolute atomic E-state index is 13.4. The van der Waals surface area contributed by atoms with Crippen molar-refractivity contribution < 1.29 is 22.4 Å². The van der Waals surface area contributed by atoms with Gasteiger partial charge in [-0.05, 0) is 24.1 Å². The molecule has 7 heteroatoms. The van der Waals surface area contributed by atoms with Crippen LogP contribution < -0.4 is 5.32 Å². The summed E-state index contributed by atoms with van der Waals surface area (Å²) in [6.07, 6.45) is -4.64. The number of benzene rings is 1. The lowest BCUT2D eigenvalue weighted by Crippen LogP contribution is -2.26. The Kier molecular flexibility index (Phi) is 4.71. The first-order valence-corrected chi connectivity index (χ1v) is 5.74. The smallest absolute Gasteiger partial charge is 0.322 e. The standard InChI is InChI=1S/C13H12F4N2O/c1-7(2)9(6-18)12(20)19-11-5-8(13(15,16)17)3-4-10(11)14/h3-5,7,9H,1-2H3,(H,19,20). The van der Waals surface area contributed by atoms with Gasteiger partial charge >= 0.3 is 6.18 Å². The van der Waals surface area contributed by atoms with E-state index in [1.54, 1.807) is 19.9 Å². The molecule has 0 aliphatic carbocycles. The molecule has 20 heavy (non-hydrogen) atoms. The molecule has 0 aliphatic heterocycles. The number of hydrogen-bond acceptors (Lipinski definition) is 2. The van der Waals surface area contributed by atoms with Crippen molar-refractivity contribution in [3.63, 3.8) is 0 Å². The molecule has 3 nitrogen and oxygen atoms in total. The average Bonchev–Trinajstić information content (AvgIpc) is 2.30. The molecule has 0 bridgehead atoms. The van der Waals surface area contributed by atoms with Crippen LogP contribution in [-0.4, -0.2) is 5.91 Å². The number of alkyl halides is 3. The summed E-state index contributed by atoms with van der Waals surface area (Å²) < 4.78 is 50.9. The van der Waals surface area contributed by atoms with E-state index in [0.29, 0.717) is 18.2 Å². The molecule has 0 fully saturated rings. The largest absolute Gasteiger partial charge is 0.416 e. The molecular formula is C13H12F4N2O. The fourth-order valence-corrected chi connectivity index (χ4v) is 1.52. The zero-order valence-electron chi connectivity index (χ0n) is 10.8. The number of nitrogens with one attached hydrogen (secondary N) is 1. The molecule has 0 spiro atoms. The van der Waals surface area contributed by atoms with Crippen LogP contribution in [0.2, 0.25) is 0 Å². The van der Waals surface area contributed by atoms with Crippen LogP contribution >= 0.6 is 0 Å². The van der Waals surface area contributed by atoms with E-state index in [9.17, 15) is 22.4 Å². The Hall–Kier alpha value is -2.10. The van der Waals surface area contributed by atoms with Gasteiger partial charge in [0.15, 0.2) is 0 Å². The van der Waals surface area contributed by atoms with Crippen LogP contribution in [0.3, 0.4) is 0 Å². The Morgan fingerprint density at radius 1 is 1.35 bits per heavy atom. The number of carbonyl (C=O) groups is 1. The average molecular weight is 288 g/mol. The molecule has 0 saturated carbocycles. The summed E-state index contributed by atoms with van der Waals surface area (Å²) >= 11 is 0. The zero-order valence-corrected chi connectivity index (χ0v) is 10.8. The summed E-state index contributed by atoms with van der Waals surface area (Å²) in [6, 6.07) is 3.43. The Labute approximate surface area is 113 Å². The molecule has 1 amide bonds. The normalized spacial score (nSPS) is 12.9. The van der Waals surface area contributed by atoms with Crippen LogP contribution in [0.25, 0.3) is 0 Å². The van der Waals surface area contributed by atoms with Crippen LogP contribution in [-0.2, 0) is 11.0 Å². The van der Waals surface area contributed by atoms with E-state index >= 15 is 0 Å². The molecule has 0 radical (unpaired) electrons. The van der Waals surface area contributed by atoms with Gasteiger partial charge in [0.05, 0.1) is 17.3 Å². The molecule has 1 aromatic rings. The molecule has 0 saturated heterocycles. The number of amides is 1. The van der Waals surface area contributed by atoms with Crippen LogP contribution in [0.1, 0.15) is 19.4 Å². The maximum atomic E-state index is 13.4. The van der Waals surface area contributed by atoms with Crippen LogP contribution in [0.5, 0.6) is 0 Å². The lowest BCUT2D eigenvalue weighted by Gasteiger charge is -2.15. The molecule has 1 aromatic carbocycles. The minimum atomic E-state index is -4.64. The van der Waals surface area contributed by atoms with Gasteiger partial charge in [0.1, 0.15) is 11.7 Å². The minimum absolute atomic E-state index is 0.339. The van der Waals surface area contributed by atoms with Crippen molar-refractivity contribution in [2.24, 2.45) is 11.8 Å². The second-order valence-corrected chi connectivity index (χ2v) is 4.53. The van der Waals surface area contributed by atoms with Crippen molar-refractivity contribution in [1.82, 2.24) is 0 Å². The lowest BCUT2D eigenvalue weighted by atomic mass is 9.96. The summed E-state index contributed by atoms with van der Waals surface area (Å²) in [5.41, 5.74) is -1.67. The number of hydrogen-bond donors (Lipinski definition) is 1. The number of halogens is 4. The highest BCUT2D eigenvalue weighted by Crippen LogP contribution is 2.32. The van der Waals surface area contributed by atoms with E-state index in [-0.39, 0.29) is 5.92 Å². The first-order valence-electron chi connectivity index (χ1n) is 5.74. The van der Waals surface area contributed by atoms with Crippen molar-refractivity contribution in [2.75, 3.05) is 5.32 Å². The van der Waals surface area contributed by atoms with Gasteiger partial charge in [0.25, 0.3) is 0 Å².